The standard InChI is InChI=1S/C17H16FNO4/c18-12-6-4-11(5-7-12)14-8-9-15(23-14)16(20)19-10-2-1-3-13(19)17(21)22/h4-9,13H,1-3,10H2,(H,21,22). The third-order valence-electron chi connectivity index (χ3n) is 3.99. The molecule has 1 aliphatic heterocycles. The Hall–Kier alpha value is -2.63. The van der Waals surface area contributed by atoms with Crippen LogP contribution in [0.25, 0.3) is 11.3 Å². The van der Waals surface area contributed by atoms with Crippen LogP contribution in [0.4, 0.5) is 4.39 Å². The molecule has 6 heteroatoms. The molecule has 0 saturated carbocycles. The molecule has 1 amide bonds. The molecule has 0 spiro atoms. The zero-order valence-corrected chi connectivity index (χ0v) is 12.4. The number of nitrogens with zero attached hydrogens (tertiary/aromatic N) is 1. The van der Waals surface area contributed by atoms with Gasteiger partial charge >= 0.3 is 5.97 Å². The fourth-order valence-electron chi connectivity index (χ4n) is 2.80. The molecule has 1 aliphatic rings. The van der Waals surface area contributed by atoms with Crippen molar-refractivity contribution >= 4 is 11.9 Å². The molecule has 1 unspecified atom stereocenters. The minimum Gasteiger partial charge on any atom is -0.480 e. The van der Waals surface area contributed by atoms with Gasteiger partial charge in [-0.15, -0.1) is 0 Å². The van der Waals surface area contributed by atoms with E-state index in [0.717, 1.165) is 12.8 Å². The Kier molecular flexibility index (Phi) is 4.14. The molecule has 5 nitrogen and oxygen atoms in total. The van der Waals surface area contributed by atoms with E-state index in [9.17, 15) is 19.1 Å². The van der Waals surface area contributed by atoms with Crippen LogP contribution in [-0.4, -0.2) is 34.5 Å². The number of hydrogen-bond donors (Lipinski definition) is 1. The predicted molar refractivity (Wildman–Crippen MR) is 80.4 cm³/mol. The Balaban J connectivity index is 1.83. The average Bonchev–Trinajstić information content (AvgIpc) is 3.04. The number of carboxylic acids is 1. The van der Waals surface area contributed by atoms with Crippen molar-refractivity contribution in [3.05, 3.63) is 48.0 Å². The molecule has 23 heavy (non-hydrogen) atoms. The highest BCUT2D eigenvalue weighted by Crippen LogP contribution is 2.25. The van der Waals surface area contributed by atoms with Crippen LogP contribution in [0.3, 0.4) is 0 Å². The molecule has 1 aromatic carbocycles. The lowest BCUT2D eigenvalue weighted by Gasteiger charge is -2.32. The fourth-order valence-corrected chi connectivity index (χ4v) is 2.80. The third kappa shape index (κ3) is 3.11. The molecule has 0 aliphatic carbocycles. The van der Waals surface area contributed by atoms with Gasteiger partial charge in [0, 0.05) is 12.1 Å². The summed E-state index contributed by atoms with van der Waals surface area (Å²) in [6.07, 6.45) is 2.02. The van der Waals surface area contributed by atoms with Gasteiger partial charge in [0.1, 0.15) is 17.6 Å². The molecule has 120 valence electrons. The van der Waals surface area contributed by atoms with Gasteiger partial charge in [-0.05, 0) is 55.7 Å². The number of piperidine rings is 1. The Morgan fingerprint density at radius 3 is 2.57 bits per heavy atom. The lowest BCUT2D eigenvalue weighted by molar-refractivity contribution is -0.143. The lowest BCUT2D eigenvalue weighted by Crippen LogP contribution is -2.47. The summed E-state index contributed by atoms with van der Waals surface area (Å²) in [6, 6.07) is 8.08. The maximum absolute atomic E-state index is 13.0. The van der Waals surface area contributed by atoms with Gasteiger partial charge in [-0.2, -0.15) is 0 Å². The number of likely N-dealkylation sites (tertiary alicyclic amines) is 1. The van der Waals surface area contributed by atoms with Crippen LogP contribution >= 0.6 is 0 Å². The van der Waals surface area contributed by atoms with Crippen molar-refractivity contribution in [3.63, 3.8) is 0 Å². The minimum atomic E-state index is -0.997. The number of amides is 1. The van der Waals surface area contributed by atoms with Gasteiger partial charge in [-0.1, -0.05) is 0 Å². The van der Waals surface area contributed by atoms with Crippen molar-refractivity contribution in [2.75, 3.05) is 6.54 Å². The van der Waals surface area contributed by atoms with Crippen LogP contribution in [0.5, 0.6) is 0 Å². The molecular formula is C17H16FNO4. The molecular weight excluding hydrogens is 301 g/mol. The largest absolute Gasteiger partial charge is 0.480 e. The number of halogens is 1. The maximum Gasteiger partial charge on any atom is 0.326 e. The Morgan fingerprint density at radius 2 is 1.87 bits per heavy atom. The monoisotopic (exact) mass is 317 g/mol. The molecule has 1 N–H and O–H groups in total. The van der Waals surface area contributed by atoms with Crippen molar-refractivity contribution in [3.8, 4) is 11.3 Å². The van der Waals surface area contributed by atoms with Gasteiger partial charge < -0.3 is 14.4 Å². The van der Waals surface area contributed by atoms with Crippen molar-refractivity contribution in [1.29, 1.82) is 0 Å². The van der Waals surface area contributed by atoms with Crippen molar-refractivity contribution < 1.29 is 23.5 Å². The zero-order valence-electron chi connectivity index (χ0n) is 12.4. The van der Waals surface area contributed by atoms with Crippen LogP contribution in [0, 0.1) is 5.82 Å². The highest BCUT2D eigenvalue weighted by molar-refractivity contribution is 5.95. The van der Waals surface area contributed by atoms with E-state index in [2.05, 4.69) is 0 Å². The predicted octanol–water partition coefficient (Wildman–Crippen LogP) is 3.17. The first-order valence-corrected chi connectivity index (χ1v) is 7.46. The fraction of sp³-hybridized carbons (Fsp3) is 0.294. The van der Waals surface area contributed by atoms with Gasteiger partial charge in [-0.25, -0.2) is 9.18 Å². The van der Waals surface area contributed by atoms with E-state index in [0.29, 0.717) is 24.3 Å². The van der Waals surface area contributed by atoms with Crippen LogP contribution in [0.2, 0.25) is 0 Å². The number of carboxylic acid groups (broad SMARTS) is 1. The number of furan rings is 1. The second kappa shape index (κ2) is 6.24. The highest BCUT2D eigenvalue weighted by atomic mass is 19.1. The third-order valence-corrected chi connectivity index (χ3v) is 3.99. The van der Waals surface area contributed by atoms with Crippen molar-refractivity contribution in [2.45, 2.75) is 25.3 Å². The van der Waals surface area contributed by atoms with Gasteiger partial charge in [0.2, 0.25) is 0 Å². The summed E-state index contributed by atoms with van der Waals surface area (Å²) in [5.41, 5.74) is 0.652. The normalized spacial score (nSPS) is 18.0. The molecule has 0 radical (unpaired) electrons. The van der Waals surface area contributed by atoms with E-state index in [1.54, 1.807) is 18.2 Å². The number of benzene rings is 1. The molecule has 0 bridgehead atoms. The summed E-state index contributed by atoms with van der Waals surface area (Å²) in [5, 5.41) is 9.25. The number of carbonyl (C=O) groups is 2. The second-order valence-corrected chi connectivity index (χ2v) is 5.52. The average molecular weight is 317 g/mol. The Labute approximate surface area is 132 Å². The van der Waals surface area contributed by atoms with Gasteiger partial charge in [-0.3, -0.25) is 4.79 Å². The maximum atomic E-state index is 13.0. The van der Waals surface area contributed by atoms with Crippen LogP contribution in [0.1, 0.15) is 29.8 Å². The number of rotatable bonds is 3. The van der Waals surface area contributed by atoms with Crippen molar-refractivity contribution in [1.82, 2.24) is 4.90 Å². The van der Waals surface area contributed by atoms with Gasteiger partial charge in [0.25, 0.3) is 5.91 Å². The molecule has 1 atom stereocenters. The zero-order chi connectivity index (χ0) is 16.4. The summed E-state index contributed by atoms with van der Waals surface area (Å²) in [5.74, 6) is -1.24. The summed E-state index contributed by atoms with van der Waals surface area (Å²) in [7, 11) is 0. The first kappa shape index (κ1) is 15.3. The van der Waals surface area contributed by atoms with E-state index in [1.165, 1.54) is 23.1 Å². The van der Waals surface area contributed by atoms with Crippen LogP contribution < -0.4 is 0 Å². The van der Waals surface area contributed by atoms with Crippen LogP contribution in [-0.2, 0) is 4.79 Å². The van der Waals surface area contributed by atoms with E-state index in [4.69, 9.17) is 4.42 Å². The number of hydrogen-bond acceptors (Lipinski definition) is 3. The molecule has 3 rings (SSSR count). The quantitative estimate of drug-likeness (QED) is 0.944. The smallest absolute Gasteiger partial charge is 0.326 e. The molecule has 1 aromatic heterocycles. The second-order valence-electron chi connectivity index (χ2n) is 5.52. The Bertz CT molecular complexity index is 722. The topological polar surface area (TPSA) is 70.8 Å². The van der Waals surface area contributed by atoms with E-state index < -0.39 is 17.9 Å². The van der Waals surface area contributed by atoms with Crippen molar-refractivity contribution in [2.24, 2.45) is 0 Å². The highest BCUT2D eigenvalue weighted by Gasteiger charge is 2.33. The van der Waals surface area contributed by atoms with Gasteiger partial charge in [0.15, 0.2) is 5.76 Å². The summed E-state index contributed by atoms with van der Waals surface area (Å²) < 4.78 is 18.5. The molecule has 1 saturated heterocycles. The van der Waals surface area contributed by atoms with E-state index in [1.807, 2.05) is 0 Å². The Morgan fingerprint density at radius 1 is 1.13 bits per heavy atom. The summed E-state index contributed by atoms with van der Waals surface area (Å²) >= 11 is 0. The first-order valence-electron chi connectivity index (χ1n) is 7.46. The molecule has 2 heterocycles. The summed E-state index contributed by atoms with van der Waals surface area (Å²) in [6.45, 7) is 0.405. The lowest BCUT2D eigenvalue weighted by atomic mass is 10.0. The van der Waals surface area contributed by atoms with Crippen LogP contribution in [0.15, 0.2) is 40.8 Å². The number of carbonyl (C=O) groups excluding carboxylic acids is 1. The van der Waals surface area contributed by atoms with E-state index in [-0.39, 0.29) is 11.6 Å². The SMILES string of the molecule is O=C(O)C1CCCCN1C(=O)c1ccc(-c2ccc(F)cc2)o1. The number of aliphatic carboxylic acids is 1. The first-order chi connectivity index (χ1) is 11.1. The van der Waals surface area contributed by atoms with E-state index >= 15 is 0 Å². The van der Waals surface area contributed by atoms with Gasteiger partial charge in [0.05, 0.1) is 0 Å². The molecule has 2 aromatic rings. The molecule has 1 fully saturated rings. The summed E-state index contributed by atoms with van der Waals surface area (Å²) in [4.78, 5) is 25.2. The minimum absolute atomic E-state index is 0.0949.